The lowest BCUT2D eigenvalue weighted by atomic mass is 10.1. The Hall–Kier alpha value is -1.30. The fourth-order valence-corrected chi connectivity index (χ4v) is 2.07. The van der Waals surface area contributed by atoms with Gasteiger partial charge in [0, 0.05) is 19.7 Å². The minimum absolute atomic E-state index is 0.164. The average Bonchev–Trinajstić information content (AvgIpc) is 2.40. The van der Waals surface area contributed by atoms with Gasteiger partial charge in [0.2, 0.25) is 0 Å². The van der Waals surface area contributed by atoms with E-state index < -0.39 is 11.9 Å². The van der Waals surface area contributed by atoms with Crippen LogP contribution in [0, 0.1) is 5.92 Å². The summed E-state index contributed by atoms with van der Waals surface area (Å²) in [5.74, 6) is -1.40. The number of rotatable bonds is 7. The Morgan fingerprint density at radius 3 is 2.74 bits per heavy atom. The van der Waals surface area contributed by atoms with E-state index in [1.807, 2.05) is 0 Å². The Morgan fingerprint density at radius 2 is 2.16 bits per heavy atom. The first kappa shape index (κ1) is 15.8. The van der Waals surface area contributed by atoms with E-state index in [1.165, 1.54) is 6.42 Å². The summed E-state index contributed by atoms with van der Waals surface area (Å²) in [4.78, 5) is 22.2. The third kappa shape index (κ3) is 6.42. The maximum Gasteiger partial charge on any atom is 0.314 e. The maximum absolute atomic E-state index is 11.5. The SMILES string of the molecule is CCC(CNC(=O)NCCC1CCCCO1)C(=O)O. The molecule has 0 radical (unpaired) electrons. The molecule has 2 unspecified atom stereocenters. The number of hydrogen-bond donors (Lipinski definition) is 3. The molecule has 6 nitrogen and oxygen atoms in total. The summed E-state index contributed by atoms with van der Waals surface area (Å²) in [6.07, 6.45) is 4.93. The quantitative estimate of drug-likeness (QED) is 0.653. The minimum atomic E-state index is -0.876. The lowest BCUT2D eigenvalue weighted by molar-refractivity contribution is -0.141. The van der Waals surface area contributed by atoms with E-state index >= 15 is 0 Å². The molecule has 0 bridgehead atoms. The van der Waals surface area contributed by atoms with Crippen molar-refractivity contribution in [3.63, 3.8) is 0 Å². The van der Waals surface area contributed by atoms with Gasteiger partial charge >= 0.3 is 12.0 Å². The van der Waals surface area contributed by atoms with E-state index in [4.69, 9.17) is 9.84 Å². The van der Waals surface area contributed by atoms with Crippen molar-refractivity contribution in [2.75, 3.05) is 19.7 Å². The Kier molecular flexibility index (Phi) is 7.25. The highest BCUT2D eigenvalue weighted by molar-refractivity contribution is 5.75. The zero-order valence-electron chi connectivity index (χ0n) is 11.5. The number of carboxylic acids is 1. The predicted molar refractivity (Wildman–Crippen MR) is 71.0 cm³/mol. The predicted octanol–water partition coefficient (Wildman–Crippen LogP) is 1.36. The van der Waals surface area contributed by atoms with Crippen LogP contribution in [0.5, 0.6) is 0 Å². The molecule has 1 heterocycles. The summed E-state index contributed by atoms with van der Waals surface area (Å²) in [5, 5.41) is 14.2. The van der Waals surface area contributed by atoms with Crippen LogP contribution >= 0.6 is 0 Å². The lowest BCUT2D eigenvalue weighted by Gasteiger charge is -2.22. The molecular weight excluding hydrogens is 248 g/mol. The number of amides is 2. The first-order valence-corrected chi connectivity index (χ1v) is 6.99. The van der Waals surface area contributed by atoms with E-state index in [-0.39, 0.29) is 18.7 Å². The third-order valence-corrected chi connectivity index (χ3v) is 3.38. The summed E-state index contributed by atoms with van der Waals surface area (Å²) in [6, 6.07) is -0.310. The number of carbonyl (C=O) groups excluding carboxylic acids is 1. The van der Waals surface area contributed by atoms with Gasteiger partial charge in [-0.2, -0.15) is 0 Å². The molecule has 0 saturated carbocycles. The van der Waals surface area contributed by atoms with E-state index in [9.17, 15) is 9.59 Å². The second-order valence-electron chi connectivity index (χ2n) is 4.86. The van der Waals surface area contributed by atoms with Crippen molar-refractivity contribution in [2.45, 2.75) is 45.1 Å². The smallest absolute Gasteiger partial charge is 0.314 e. The molecule has 3 N–H and O–H groups in total. The molecule has 2 atom stereocenters. The van der Waals surface area contributed by atoms with Crippen molar-refractivity contribution >= 4 is 12.0 Å². The lowest BCUT2D eigenvalue weighted by Crippen LogP contribution is -2.41. The summed E-state index contributed by atoms with van der Waals surface area (Å²) in [7, 11) is 0. The molecule has 1 saturated heterocycles. The van der Waals surface area contributed by atoms with Crippen LogP contribution in [-0.4, -0.2) is 42.9 Å². The van der Waals surface area contributed by atoms with Crippen molar-refractivity contribution in [1.82, 2.24) is 10.6 Å². The van der Waals surface area contributed by atoms with Gasteiger partial charge in [0.25, 0.3) is 0 Å². The molecule has 1 aliphatic rings. The molecular formula is C13H24N2O4. The molecule has 0 spiro atoms. The molecule has 0 aliphatic carbocycles. The Bertz CT molecular complexity index is 290. The summed E-state index contributed by atoms with van der Waals surface area (Å²) >= 11 is 0. The molecule has 1 rings (SSSR count). The molecule has 19 heavy (non-hydrogen) atoms. The van der Waals surface area contributed by atoms with Crippen LogP contribution < -0.4 is 10.6 Å². The van der Waals surface area contributed by atoms with Crippen molar-refractivity contribution < 1.29 is 19.4 Å². The standard InChI is InChI=1S/C13H24N2O4/c1-2-10(12(16)17)9-15-13(18)14-7-6-11-5-3-4-8-19-11/h10-11H,2-9H2,1H3,(H,16,17)(H2,14,15,18). The molecule has 0 aromatic carbocycles. The van der Waals surface area contributed by atoms with Crippen LogP contribution in [0.3, 0.4) is 0 Å². The Morgan fingerprint density at radius 1 is 1.37 bits per heavy atom. The topological polar surface area (TPSA) is 87.7 Å². The summed E-state index contributed by atoms with van der Waals surface area (Å²) in [5.41, 5.74) is 0. The number of hydrogen-bond acceptors (Lipinski definition) is 3. The monoisotopic (exact) mass is 272 g/mol. The number of urea groups is 1. The fourth-order valence-electron chi connectivity index (χ4n) is 2.07. The molecule has 0 aromatic rings. The zero-order chi connectivity index (χ0) is 14.1. The van der Waals surface area contributed by atoms with Gasteiger partial charge in [-0.3, -0.25) is 4.79 Å². The molecule has 0 aromatic heterocycles. The number of nitrogens with one attached hydrogen (secondary N) is 2. The second kappa shape index (κ2) is 8.74. The van der Waals surface area contributed by atoms with Gasteiger partial charge in [0.15, 0.2) is 0 Å². The van der Waals surface area contributed by atoms with Crippen LogP contribution in [0.25, 0.3) is 0 Å². The van der Waals surface area contributed by atoms with Crippen LogP contribution in [0.1, 0.15) is 39.0 Å². The minimum Gasteiger partial charge on any atom is -0.481 e. The van der Waals surface area contributed by atoms with Crippen LogP contribution in [0.15, 0.2) is 0 Å². The zero-order valence-corrected chi connectivity index (χ0v) is 11.5. The number of ether oxygens (including phenoxy) is 1. The largest absolute Gasteiger partial charge is 0.481 e. The van der Waals surface area contributed by atoms with Gasteiger partial charge < -0.3 is 20.5 Å². The van der Waals surface area contributed by atoms with E-state index in [1.54, 1.807) is 6.92 Å². The number of aliphatic carboxylic acids is 1. The normalized spacial score (nSPS) is 20.6. The molecule has 6 heteroatoms. The van der Waals surface area contributed by atoms with E-state index in [0.717, 1.165) is 25.9 Å². The number of carboxylic acid groups (broad SMARTS) is 1. The van der Waals surface area contributed by atoms with Gasteiger partial charge in [0.05, 0.1) is 12.0 Å². The highest BCUT2D eigenvalue weighted by Crippen LogP contribution is 2.14. The highest BCUT2D eigenvalue weighted by Gasteiger charge is 2.16. The first-order chi connectivity index (χ1) is 9.13. The summed E-state index contributed by atoms with van der Waals surface area (Å²) in [6.45, 7) is 3.32. The highest BCUT2D eigenvalue weighted by atomic mass is 16.5. The van der Waals surface area contributed by atoms with Gasteiger partial charge in [-0.25, -0.2) is 4.79 Å². The van der Waals surface area contributed by atoms with E-state index in [0.29, 0.717) is 13.0 Å². The number of carbonyl (C=O) groups is 2. The average molecular weight is 272 g/mol. The van der Waals surface area contributed by atoms with Gasteiger partial charge in [-0.15, -0.1) is 0 Å². The third-order valence-electron chi connectivity index (χ3n) is 3.38. The molecule has 2 amide bonds. The van der Waals surface area contributed by atoms with Crippen molar-refractivity contribution in [3.05, 3.63) is 0 Å². The van der Waals surface area contributed by atoms with Gasteiger partial charge in [-0.05, 0) is 32.1 Å². The van der Waals surface area contributed by atoms with Crippen LogP contribution in [0.2, 0.25) is 0 Å². The fraction of sp³-hybridized carbons (Fsp3) is 0.846. The molecule has 110 valence electrons. The van der Waals surface area contributed by atoms with Crippen molar-refractivity contribution in [3.8, 4) is 0 Å². The van der Waals surface area contributed by atoms with E-state index in [2.05, 4.69) is 10.6 Å². The van der Waals surface area contributed by atoms with Crippen LogP contribution in [0.4, 0.5) is 4.79 Å². The van der Waals surface area contributed by atoms with Crippen molar-refractivity contribution in [2.24, 2.45) is 5.92 Å². The second-order valence-corrected chi connectivity index (χ2v) is 4.86. The van der Waals surface area contributed by atoms with Crippen LogP contribution in [-0.2, 0) is 9.53 Å². The Labute approximate surface area is 113 Å². The Balaban J connectivity index is 2.08. The molecule has 1 aliphatic heterocycles. The van der Waals surface area contributed by atoms with Crippen molar-refractivity contribution in [1.29, 1.82) is 0 Å². The van der Waals surface area contributed by atoms with Gasteiger partial charge in [-0.1, -0.05) is 6.92 Å². The maximum atomic E-state index is 11.5. The summed E-state index contributed by atoms with van der Waals surface area (Å²) < 4.78 is 5.56. The van der Waals surface area contributed by atoms with Gasteiger partial charge in [0.1, 0.15) is 0 Å². The first-order valence-electron chi connectivity index (χ1n) is 6.99. The molecule has 1 fully saturated rings.